The smallest absolute Gasteiger partial charge is 0.191 e. The molecule has 2 aromatic carbocycles. The van der Waals surface area contributed by atoms with Gasteiger partial charge in [0.05, 0.1) is 12.8 Å². The molecule has 0 amide bonds. The van der Waals surface area contributed by atoms with Crippen LogP contribution in [0.3, 0.4) is 0 Å². The van der Waals surface area contributed by atoms with E-state index < -0.39 is 0 Å². The third-order valence-electron chi connectivity index (χ3n) is 2.90. The van der Waals surface area contributed by atoms with Gasteiger partial charge in [0, 0.05) is 11.3 Å². The van der Waals surface area contributed by atoms with Gasteiger partial charge in [-0.2, -0.15) is 5.10 Å². The van der Waals surface area contributed by atoms with Crippen molar-refractivity contribution < 1.29 is 4.74 Å². The summed E-state index contributed by atoms with van der Waals surface area (Å²) < 4.78 is 5.53. The van der Waals surface area contributed by atoms with E-state index in [0.29, 0.717) is 11.7 Å². The summed E-state index contributed by atoms with van der Waals surface area (Å²) in [4.78, 5) is 0. The number of anilines is 1. The van der Waals surface area contributed by atoms with E-state index in [9.17, 15) is 0 Å². The molecule has 0 saturated heterocycles. The predicted octanol–water partition coefficient (Wildman–Crippen LogP) is 3.71. The molecule has 0 fully saturated rings. The highest BCUT2D eigenvalue weighted by molar-refractivity contribution is 7.80. The Morgan fingerprint density at radius 2 is 1.91 bits per heavy atom. The Hall–Kier alpha value is -2.40. The standard InChI is InChI=1S/C17H19N3OS/c1-3-21-16-7-5-4-6-14(16)12-18-20-17(22)19-15-10-8-13(2)9-11-15/h4-12H,3H2,1-2H3,(H2,19,20,22)/b18-12+. The van der Waals surface area contributed by atoms with Crippen LogP contribution in [0.2, 0.25) is 0 Å². The van der Waals surface area contributed by atoms with Gasteiger partial charge in [0.1, 0.15) is 5.75 Å². The average molecular weight is 313 g/mol. The molecule has 2 rings (SSSR count). The lowest BCUT2D eigenvalue weighted by molar-refractivity contribution is 0.340. The molecule has 5 heteroatoms. The van der Waals surface area contributed by atoms with E-state index in [-0.39, 0.29) is 0 Å². The van der Waals surface area contributed by atoms with Crippen molar-refractivity contribution in [2.75, 3.05) is 11.9 Å². The number of ether oxygens (including phenoxy) is 1. The van der Waals surface area contributed by atoms with Crippen molar-refractivity contribution in [2.45, 2.75) is 13.8 Å². The van der Waals surface area contributed by atoms with Crippen molar-refractivity contribution in [3.63, 3.8) is 0 Å². The molecular weight excluding hydrogens is 294 g/mol. The molecular formula is C17H19N3OS. The summed E-state index contributed by atoms with van der Waals surface area (Å²) in [7, 11) is 0. The molecule has 22 heavy (non-hydrogen) atoms. The molecule has 0 spiro atoms. The molecule has 0 bridgehead atoms. The number of hydrogen-bond donors (Lipinski definition) is 2. The van der Waals surface area contributed by atoms with Crippen LogP contribution in [0, 0.1) is 6.92 Å². The lowest BCUT2D eigenvalue weighted by Gasteiger charge is -2.08. The zero-order valence-electron chi connectivity index (χ0n) is 12.7. The molecule has 0 aliphatic carbocycles. The quantitative estimate of drug-likeness (QED) is 0.502. The third-order valence-corrected chi connectivity index (χ3v) is 3.09. The van der Waals surface area contributed by atoms with Crippen LogP contribution < -0.4 is 15.5 Å². The molecule has 0 unspecified atom stereocenters. The van der Waals surface area contributed by atoms with Gasteiger partial charge in [-0.1, -0.05) is 29.8 Å². The Morgan fingerprint density at radius 3 is 2.64 bits per heavy atom. The summed E-state index contributed by atoms with van der Waals surface area (Å²) >= 11 is 5.20. The number of aryl methyl sites for hydroxylation is 1. The van der Waals surface area contributed by atoms with Gasteiger partial charge in [-0.25, -0.2) is 0 Å². The van der Waals surface area contributed by atoms with E-state index in [4.69, 9.17) is 17.0 Å². The molecule has 2 aromatic rings. The van der Waals surface area contributed by atoms with E-state index in [2.05, 4.69) is 15.8 Å². The maximum atomic E-state index is 5.53. The predicted molar refractivity (Wildman–Crippen MR) is 95.7 cm³/mol. The zero-order valence-corrected chi connectivity index (χ0v) is 13.5. The molecule has 0 aromatic heterocycles. The maximum absolute atomic E-state index is 5.53. The summed E-state index contributed by atoms with van der Waals surface area (Å²) in [6, 6.07) is 15.7. The zero-order chi connectivity index (χ0) is 15.8. The first-order valence-electron chi connectivity index (χ1n) is 7.07. The van der Waals surface area contributed by atoms with Gasteiger partial charge in [0.15, 0.2) is 5.11 Å². The highest BCUT2D eigenvalue weighted by Gasteiger charge is 1.99. The van der Waals surface area contributed by atoms with E-state index in [1.165, 1.54) is 5.56 Å². The van der Waals surface area contributed by atoms with Crippen LogP contribution in [0.5, 0.6) is 5.75 Å². The van der Waals surface area contributed by atoms with Crippen LogP contribution in [0.1, 0.15) is 18.1 Å². The summed E-state index contributed by atoms with van der Waals surface area (Å²) in [5.41, 5.74) is 5.82. The molecule has 0 radical (unpaired) electrons. The minimum Gasteiger partial charge on any atom is -0.493 e. The first-order chi connectivity index (χ1) is 10.7. The molecule has 0 aliphatic heterocycles. The highest BCUT2D eigenvalue weighted by Crippen LogP contribution is 2.15. The number of nitrogens with zero attached hydrogens (tertiary/aromatic N) is 1. The maximum Gasteiger partial charge on any atom is 0.191 e. The van der Waals surface area contributed by atoms with Gasteiger partial charge < -0.3 is 10.1 Å². The number of benzene rings is 2. The number of para-hydroxylation sites is 1. The second kappa shape index (κ2) is 8.14. The topological polar surface area (TPSA) is 45.6 Å². The molecule has 0 saturated carbocycles. The number of thiocarbonyl (C=S) groups is 1. The van der Waals surface area contributed by atoms with Crippen LogP contribution in [-0.4, -0.2) is 17.9 Å². The van der Waals surface area contributed by atoms with E-state index in [1.807, 2.05) is 62.4 Å². The van der Waals surface area contributed by atoms with Crippen LogP contribution in [0.4, 0.5) is 5.69 Å². The Kier molecular flexibility index (Phi) is 5.91. The van der Waals surface area contributed by atoms with Crippen LogP contribution >= 0.6 is 12.2 Å². The Bertz CT molecular complexity index is 653. The van der Waals surface area contributed by atoms with Gasteiger partial charge in [0.25, 0.3) is 0 Å². The normalized spacial score (nSPS) is 10.5. The SMILES string of the molecule is CCOc1ccccc1/C=N/NC(=S)Nc1ccc(C)cc1. The van der Waals surface area contributed by atoms with E-state index >= 15 is 0 Å². The Labute approximate surface area is 136 Å². The van der Waals surface area contributed by atoms with Gasteiger partial charge >= 0.3 is 0 Å². The number of hydrogen-bond acceptors (Lipinski definition) is 3. The molecule has 0 aliphatic rings. The first-order valence-corrected chi connectivity index (χ1v) is 7.48. The van der Waals surface area contributed by atoms with E-state index in [0.717, 1.165) is 17.0 Å². The summed E-state index contributed by atoms with van der Waals surface area (Å²) in [5, 5.41) is 7.65. The minimum absolute atomic E-state index is 0.439. The Morgan fingerprint density at radius 1 is 1.18 bits per heavy atom. The molecule has 0 heterocycles. The summed E-state index contributed by atoms with van der Waals surface area (Å²) in [6.45, 7) is 4.61. The largest absolute Gasteiger partial charge is 0.493 e. The minimum atomic E-state index is 0.439. The van der Waals surface area contributed by atoms with Crippen molar-refractivity contribution in [1.82, 2.24) is 5.43 Å². The first kappa shape index (κ1) is 16.0. The second-order valence-electron chi connectivity index (χ2n) is 4.66. The van der Waals surface area contributed by atoms with Gasteiger partial charge in [0.2, 0.25) is 0 Å². The fourth-order valence-electron chi connectivity index (χ4n) is 1.83. The van der Waals surface area contributed by atoms with Crippen molar-refractivity contribution in [3.8, 4) is 5.75 Å². The second-order valence-corrected chi connectivity index (χ2v) is 5.07. The number of nitrogens with one attached hydrogen (secondary N) is 2. The molecule has 114 valence electrons. The molecule has 0 atom stereocenters. The average Bonchev–Trinajstić information content (AvgIpc) is 2.51. The van der Waals surface area contributed by atoms with E-state index in [1.54, 1.807) is 6.21 Å². The van der Waals surface area contributed by atoms with Crippen LogP contribution in [0.25, 0.3) is 0 Å². The monoisotopic (exact) mass is 313 g/mol. The summed E-state index contributed by atoms with van der Waals surface area (Å²) in [6.07, 6.45) is 1.69. The van der Waals surface area contributed by atoms with Crippen molar-refractivity contribution in [3.05, 3.63) is 59.7 Å². The fourth-order valence-corrected chi connectivity index (χ4v) is 2.00. The number of hydrazone groups is 1. The highest BCUT2D eigenvalue weighted by atomic mass is 32.1. The van der Waals surface area contributed by atoms with Gasteiger partial charge in [-0.05, 0) is 50.3 Å². The van der Waals surface area contributed by atoms with Crippen molar-refractivity contribution in [1.29, 1.82) is 0 Å². The lowest BCUT2D eigenvalue weighted by atomic mass is 10.2. The van der Waals surface area contributed by atoms with Gasteiger partial charge in [-0.3, -0.25) is 5.43 Å². The Balaban J connectivity index is 1.92. The number of rotatable bonds is 5. The molecule has 2 N–H and O–H groups in total. The molecule has 4 nitrogen and oxygen atoms in total. The van der Waals surface area contributed by atoms with Crippen LogP contribution in [0.15, 0.2) is 53.6 Å². The fraction of sp³-hybridized carbons (Fsp3) is 0.176. The van der Waals surface area contributed by atoms with Gasteiger partial charge in [-0.15, -0.1) is 0 Å². The third kappa shape index (κ3) is 4.86. The van der Waals surface area contributed by atoms with Crippen molar-refractivity contribution >= 4 is 29.2 Å². The van der Waals surface area contributed by atoms with Crippen molar-refractivity contribution in [2.24, 2.45) is 5.10 Å². The van der Waals surface area contributed by atoms with Crippen LogP contribution in [-0.2, 0) is 0 Å². The summed E-state index contributed by atoms with van der Waals surface area (Å²) in [5.74, 6) is 0.799. The lowest BCUT2D eigenvalue weighted by Crippen LogP contribution is -2.23.